The number of nitrogens with zero attached hydrogens (tertiary/aromatic N) is 2. The first-order valence-corrected chi connectivity index (χ1v) is 6.36. The lowest BCUT2D eigenvalue weighted by Gasteiger charge is -2.24. The molecule has 5 heteroatoms. The van der Waals surface area contributed by atoms with Crippen LogP contribution in [0.15, 0.2) is 4.79 Å². The summed E-state index contributed by atoms with van der Waals surface area (Å²) in [6.45, 7) is 5.04. The first-order valence-electron chi connectivity index (χ1n) is 6.36. The van der Waals surface area contributed by atoms with Crippen molar-refractivity contribution in [3.05, 3.63) is 15.9 Å². The molecule has 1 fully saturated rings. The molecule has 0 amide bonds. The van der Waals surface area contributed by atoms with Gasteiger partial charge in [0.15, 0.2) is 0 Å². The standard InChI is InChI=1S/C12H18N4O/c1-8-6-9-10(13-7-8)14-12(15-11(9)17)16-4-2-3-5-16/h8H,2-7H2,1H3,(H2,13,14,15,17). The zero-order valence-corrected chi connectivity index (χ0v) is 10.1. The van der Waals surface area contributed by atoms with Crippen LogP contribution in [0.1, 0.15) is 25.3 Å². The van der Waals surface area contributed by atoms with Gasteiger partial charge in [0.2, 0.25) is 5.95 Å². The largest absolute Gasteiger partial charge is 0.369 e. The van der Waals surface area contributed by atoms with Crippen LogP contribution in [0.3, 0.4) is 0 Å². The molecule has 0 saturated carbocycles. The van der Waals surface area contributed by atoms with Crippen molar-refractivity contribution in [1.29, 1.82) is 0 Å². The number of aromatic amines is 1. The van der Waals surface area contributed by atoms with E-state index in [1.807, 2.05) is 0 Å². The van der Waals surface area contributed by atoms with Crippen LogP contribution in [0.25, 0.3) is 0 Å². The monoisotopic (exact) mass is 234 g/mol. The average molecular weight is 234 g/mol. The summed E-state index contributed by atoms with van der Waals surface area (Å²) < 4.78 is 0. The SMILES string of the molecule is CC1CNc2nc(N3CCCC3)[nH]c(=O)c2C1. The van der Waals surface area contributed by atoms with Crippen molar-refractivity contribution in [2.24, 2.45) is 5.92 Å². The Balaban J connectivity index is 1.98. The maximum atomic E-state index is 12.0. The number of nitrogens with one attached hydrogen (secondary N) is 2. The second kappa shape index (κ2) is 4.05. The highest BCUT2D eigenvalue weighted by Crippen LogP contribution is 2.22. The highest BCUT2D eigenvalue weighted by atomic mass is 16.1. The van der Waals surface area contributed by atoms with Crippen molar-refractivity contribution >= 4 is 11.8 Å². The van der Waals surface area contributed by atoms with Gasteiger partial charge in [0.25, 0.3) is 5.56 Å². The molecule has 0 radical (unpaired) electrons. The lowest BCUT2D eigenvalue weighted by Crippen LogP contribution is -2.31. The van der Waals surface area contributed by atoms with Gasteiger partial charge in [0.1, 0.15) is 5.82 Å². The molecule has 17 heavy (non-hydrogen) atoms. The fraction of sp³-hybridized carbons (Fsp3) is 0.667. The van der Waals surface area contributed by atoms with Crippen molar-refractivity contribution in [3.8, 4) is 0 Å². The molecule has 1 atom stereocenters. The second-order valence-corrected chi connectivity index (χ2v) is 5.10. The van der Waals surface area contributed by atoms with Gasteiger partial charge >= 0.3 is 0 Å². The van der Waals surface area contributed by atoms with Crippen LogP contribution in [-0.4, -0.2) is 29.6 Å². The molecule has 3 rings (SSSR count). The first kappa shape index (κ1) is 10.6. The normalized spacial score (nSPS) is 23.4. The van der Waals surface area contributed by atoms with E-state index in [-0.39, 0.29) is 5.56 Å². The van der Waals surface area contributed by atoms with Crippen LogP contribution in [-0.2, 0) is 6.42 Å². The minimum absolute atomic E-state index is 0.0240. The molecule has 1 saturated heterocycles. The highest BCUT2D eigenvalue weighted by molar-refractivity contribution is 5.50. The van der Waals surface area contributed by atoms with Crippen LogP contribution < -0.4 is 15.8 Å². The van der Waals surface area contributed by atoms with Gasteiger partial charge in [-0.15, -0.1) is 0 Å². The first-order chi connectivity index (χ1) is 8.24. The number of rotatable bonds is 1. The molecule has 2 aliphatic rings. The summed E-state index contributed by atoms with van der Waals surface area (Å²) in [5.41, 5.74) is 0.836. The number of fused-ring (bicyclic) bond motifs is 1. The Hall–Kier alpha value is -1.52. The van der Waals surface area contributed by atoms with Crippen molar-refractivity contribution in [1.82, 2.24) is 9.97 Å². The minimum atomic E-state index is 0.0240. The molecule has 0 aromatic carbocycles. The summed E-state index contributed by atoms with van der Waals surface area (Å²) in [5.74, 6) is 2.02. The lowest BCUT2D eigenvalue weighted by molar-refractivity contribution is 0.584. The predicted molar refractivity (Wildman–Crippen MR) is 67.7 cm³/mol. The number of H-pyrrole nitrogens is 1. The Morgan fingerprint density at radius 2 is 2.12 bits per heavy atom. The van der Waals surface area contributed by atoms with E-state index < -0.39 is 0 Å². The third-order valence-electron chi connectivity index (χ3n) is 3.58. The fourth-order valence-corrected chi connectivity index (χ4v) is 2.59. The molecule has 0 bridgehead atoms. The van der Waals surface area contributed by atoms with E-state index >= 15 is 0 Å². The third kappa shape index (κ3) is 1.90. The van der Waals surface area contributed by atoms with Gasteiger partial charge in [-0.05, 0) is 25.2 Å². The van der Waals surface area contributed by atoms with Crippen molar-refractivity contribution in [2.45, 2.75) is 26.2 Å². The van der Waals surface area contributed by atoms with E-state index in [9.17, 15) is 4.79 Å². The minimum Gasteiger partial charge on any atom is -0.369 e. The average Bonchev–Trinajstić information content (AvgIpc) is 2.83. The van der Waals surface area contributed by atoms with Crippen LogP contribution >= 0.6 is 0 Å². The summed E-state index contributed by atoms with van der Waals surface area (Å²) in [6, 6.07) is 0. The Bertz CT molecular complexity index is 476. The van der Waals surface area contributed by atoms with Crippen LogP contribution in [0, 0.1) is 5.92 Å². The van der Waals surface area contributed by atoms with E-state index in [0.29, 0.717) is 5.92 Å². The summed E-state index contributed by atoms with van der Waals surface area (Å²) in [6.07, 6.45) is 3.20. The molecule has 3 heterocycles. The van der Waals surface area contributed by atoms with Crippen LogP contribution in [0.4, 0.5) is 11.8 Å². The van der Waals surface area contributed by atoms with Crippen LogP contribution in [0.5, 0.6) is 0 Å². The Morgan fingerprint density at radius 1 is 1.35 bits per heavy atom. The highest BCUT2D eigenvalue weighted by Gasteiger charge is 2.22. The van der Waals surface area contributed by atoms with E-state index in [1.54, 1.807) is 0 Å². The molecule has 92 valence electrons. The Kier molecular flexibility index (Phi) is 2.53. The van der Waals surface area contributed by atoms with Gasteiger partial charge in [-0.3, -0.25) is 9.78 Å². The van der Waals surface area contributed by atoms with E-state index in [1.165, 1.54) is 12.8 Å². The van der Waals surface area contributed by atoms with Gasteiger partial charge < -0.3 is 10.2 Å². The zero-order chi connectivity index (χ0) is 11.8. The van der Waals surface area contributed by atoms with E-state index in [4.69, 9.17) is 0 Å². The number of hydrogen-bond donors (Lipinski definition) is 2. The third-order valence-corrected chi connectivity index (χ3v) is 3.58. The lowest BCUT2D eigenvalue weighted by atomic mass is 9.99. The smallest absolute Gasteiger partial charge is 0.257 e. The van der Waals surface area contributed by atoms with Gasteiger partial charge in [-0.1, -0.05) is 6.92 Å². The van der Waals surface area contributed by atoms with E-state index in [0.717, 1.165) is 43.4 Å². The maximum Gasteiger partial charge on any atom is 0.257 e. The number of hydrogen-bond acceptors (Lipinski definition) is 4. The molecule has 1 aromatic heterocycles. The van der Waals surface area contributed by atoms with Gasteiger partial charge in [-0.25, -0.2) is 0 Å². The van der Waals surface area contributed by atoms with Gasteiger partial charge in [0.05, 0.1) is 5.56 Å². The molecular weight excluding hydrogens is 216 g/mol. The van der Waals surface area contributed by atoms with Crippen molar-refractivity contribution in [3.63, 3.8) is 0 Å². The fourth-order valence-electron chi connectivity index (χ4n) is 2.59. The molecule has 1 aromatic rings. The molecular formula is C12H18N4O. The van der Waals surface area contributed by atoms with Crippen molar-refractivity contribution < 1.29 is 0 Å². The zero-order valence-electron chi connectivity index (χ0n) is 10.1. The maximum absolute atomic E-state index is 12.0. The molecule has 2 N–H and O–H groups in total. The molecule has 2 aliphatic heterocycles. The topological polar surface area (TPSA) is 61.0 Å². The Labute approximate surface area is 100 Å². The Morgan fingerprint density at radius 3 is 2.88 bits per heavy atom. The summed E-state index contributed by atoms with van der Waals surface area (Å²) in [7, 11) is 0. The quantitative estimate of drug-likeness (QED) is 0.760. The van der Waals surface area contributed by atoms with E-state index in [2.05, 4.69) is 27.1 Å². The molecule has 0 spiro atoms. The van der Waals surface area contributed by atoms with Gasteiger partial charge in [0, 0.05) is 19.6 Å². The second-order valence-electron chi connectivity index (χ2n) is 5.10. The van der Waals surface area contributed by atoms with Crippen molar-refractivity contribution in [2.75, 3.05) is 29.9 Å². The predicted octanol–water partition coefficient (Wildman–Crippen LogP) is 0.974. The summed E-state index contributed by atoms with van der Waals surface area (Å²) in [5, 5.41) is 3.26. The number of aromatic nitrogens is 2. The summed E-state index contributed by atoms with van der Waals surface area (Å²) >= 11 is 0. The van der Waals surface area contributed by atoms with Gasteiger partial charge in [-0.2, -0.15) is 4.98 Å². The molecule has 5 nitrogen and oxygen atoms in total. The van der Waals surface area contributed by atoms with Crippen LogP contribution in [0.2, 0.25) is 0 Å². The molecule has 0 aliphatic carbocycles. The summed E-state index contributed by atoms with van der Waals surface area (Å²) in [4.78, 5) is 21.6. The molecule has 1 unspecified atom stereocenters. The number of anilines is 2.